The van der Waals surface area contributed by atoms with Crippen molar-refractivity contribution in [2.75, 3.05) is 0 Å². The Hall–Kier alpha value is -2.35. The zero-order chi connectivity index (χ0) is 14.1. The average molecular weight is 253 g/mol. The fourth-order valence-electron chi connectivity index (χ4n) is 1.47. The summed E-state index contributed by atoms with van der Waals surface area (Å²) >= 11 is 0. The van der Waals surface area contributed by atoms with Crippen LogP contribution in [0.15, 0.2) is 71.9 Å². The van der Waals surface area contributed by atoms with Gasteiger partial charge >= 0.3 is 0 Å². The van der Waals surface area contributed by atoms with Crippen LogP contribution in [0.2, 0.25) is 0 Å². The van der Waals surface area contributed by atoms with Crippen LogP contribution >= 0.6 is 0 Å². The van der Waals surface area contributed by atoms with Gasteiger partial charge in [-0.1, -0.05) is 66.3 Å². The van der Waals surface area contributed by atoms with Crippen molar-refractivity contribution in [2.45, 2.75) is 13.8 Å². The second-order valence-corrected chi connectivity index (χ2v) is 4.30. The smallest absolute Gasteiger partial charge is 0.241 e. The molecule has 0 fully saturated rings. The molecule has 0 aliphatic carbocycles. The molecule has 98 valence electrons. The Morgan fingerprint density at radius 2 is 1.74 bits per heavy atom. The molecule has 1 rings (SSSR count). The van der Waals surface area contributed by atoms with E-state index >= 15 is 0 Å². The summed E-state index contributed by atoms with van der Waals surface area (Å²) in [5.41, 5.74) is 8.20. The Morgan fingerprint density at radius 1 is 1.05 bits per heavy atom. The van der Waals surface area contributed by atoms with E-state index < -0.39 is 5.91 Å². The van der Waals surface area contributed by atoms with E-state index in [1.54, 1.807) is 0 Å². The van der Waals surface area contributed by atoms with Gasteiger partial charge in [0.15, 0.2) is 0 Å². The number of hydrogen-bond donors (Lipinski definition) is 1. The van der Waals surface area contributed by atoms with Crippen LogP contribution in [0, 0.1) is 0 Å². The molecule has 0 radical (unpaired) electrons. The van der Waals surface area contributed by atoms with Crippen molar-refractivity contribution in [1.82, 2.24) is 0 Å². The highest BCUT2D eigenvalue weighted by molar-refractivity contribution is 5.86. The number of hydrogen-bond acceptors (Lipinski definition) is 1. The number of carbonyl (C=O) groups excluding carboxylic acids is 1. The lowest BCUT2D eigenvalue weighted by atomic mass is 10.1. The van der Waals surface area contributed by atoms with Gasteiger partial charge in [-0.3, -0.25) is 4.79 Å². The number of carbonyl (C=O) groups is 1. The molecule has 0 atom stereocenters. The summed E-state index contributed by atoms with van der Waals surface area (Å²) in [5.74, 6) is -0.424. The van der Waals surface area contributed by atoms with Crippen molar-refractivity contribution in [2.24, 2.45) is 5.73 Å². The van der Waals surface area contributed by atoms with Crippen LogP contribution in [0.3, 0.4) is 0 Å². The van der Waals surface area contributed by atoms with Gasteiger partial charge in [-0.25, -0.2) is 0 Å². The first kappa shape index (κ1) is 14.7. The van der Waals surface area contributed by atoms with Crippen LogP contribution in [0.4, 0.5) is 0 Å². The number of primary amides is 1. The monoisotopic (exact) mass is 253 g/mol. The number of rotatable bonds is 5. The maximum atomic E-state index is 10.7. The van der Waals surface area contributed by atoms with E-state index in [4.69, 9.17) is 5.73 Å². The molecule has 1 amide bonds. The molecule has 0 aliphatic heterocycles. The molecular weight excluding hydrogens is 234 g/mol. The zero-order valence-electron chi connectivity index (χ0n) is 11.3. The minimum Gasteiger partial charge on any atom is -0.366 e. The van der Waals surface area contributed by atoms with Gasteiger partial charge in [-0.15, -0.1) is 0 Å². The summed E-state index contributed by atoms with van der Waals surface area (Å²) < 4.78 is 0. The van der Waals surface area contributed by atoms with Gasteiger partial charge in [0.1, 0.15) is 0 Å². The molecule has 1 aromatic rings. The van der Waals surface area contributed by atoms with E-state index in [9.17, 15) is 4.79 Å². The Bertz CT molecular complexity index is 534. The molecule has 2 heteroatoms. The minimum atomic E-state index is -0.424. The number of amides is 1. The maximum absolute atomic E-state index is 10.7. The second kappa shape index (κ2) is 7.88. The van der Waals surface area contributed by atoms with Crippen LogP contribution in [0.5, 0.6) is 0 Å². The summed E-state index contributed by atoms with van der Waals surface area (Å²) in [7, 11) is 0. The highest BCUT2D eigenvalue weighted by Gasteiger charge is 1.86. The minimum absolute atomic E-state index is 0.424. The standard InChI is InChI=1S/C17H19NO/c1-14(7-6-8-15(2)13-17(18)19)11-12-16-9-4-3-5-10-16/h3-13H,1-2H3,(H2,18,19)/b8-6+,12-11+,14-7+,15-13+. The third kappa shape index (κ3) is 6.84. The predicted octanol–water partition coefficient (Wildman–Crippen LogP) is 3.63. The lowest BCUT2D eigenvalue weighted by Gasteiger charge is -1.92. The third-order valence-electron chi connectivity index (χ3n) is 2.43. The fourth-order valence-corrected chi connectivity index (χ4v) is 1.47. The largest absolute Gasteiger partial charge is 0.366 e. The molecule has 0 aromatic heterocycles. The van der Waals surface area contributed by atoms with Crippen LogP contribution < -0.4 is 5.73 Å². The first-order chi connectivity index (χ1) is 9.08. The van der Waals surface area contributed by atoms with E-state index in [1.807, 2.05) is 56.4 Å². The van der Waals surface area contributed by atoms with Crippen molar-refractivity contribution in [3.8, 4) is 0 Å². The van der Waals surface area contributed by atoms with E-state index in [-0.39, 0.29) is 0 Å². The van der Waals surface area contributed by atoms with Crippen LogP contribution in [-0.2, 0) is 4.79 Å². The number of nitrogens with two attached hydrogens (primary N) is 1. The highest BCUT2D eigenvalue weighted by atomic mass is 16.1. The average Bonchev–Trinajstić information content (AvgIpc) is 2.36. The van der Waals surface area contributed by atoms with Gasteiger partial charge in [-0.2, -0.15) is 0 Å². The van der Waals surface area contributed by atoms with Gasteiger partial charge in [0, 0.05) is 6.08 Å². The fraction of sp³-hybridized carbons (Fsp3) is 0.118. The van der Waals surface area contributed by atoms with Crippen molar-refractivity contribution in [3.05, 3.63) is 77.4 Å². The molecule has 19 heavy (non-hydrogen) atoms. The van der Waals surface area contributed by atoms with E-state index in [1.165, 1.54) is 11.6 Å². The molecule has 0 heterocycles. The number of allylic oxidation sites excluding steroid dienone is 6. The molecule has 2 nitrogen and oxygen atoms in total. The molecule has 0 bridgehead atoms. The van der Waals surface area contributed by atoms with E-state index in [2.05, 4.69) is 18.2 Å². The van der Waals surface area contributed by atoms with Crippen molar-refractivity contribution in [3.63, 3.8) is 0 Å². The van der Waals surface area contributed by atoms with E-state index in [0.717, 1.165) is 11.1 Å². The Kier molecular flexibility index (Phi) is 6.10. The van der Waals surface area contributed by atoms with Crippen molar-refractivity contribution < 1.29 is 4.79 Å². The van der Waals surface area contributed by atoms with Crippen molar-refractivity contribution >= 4 is 12.0 Å². The molecule has 1 aromatic carbocycles. The van der Waals surface area contributed by atoms with Gasteiger partial charge < -0.3 is 5.73 Å². The summed E-state index contributed by atoms with van der Waals surface area (Å²) in [5, 5.41) is 0. The number of benzene rings is 1. The maximum Gasteiger partial charge on any atom is 0.241 e. The van der Waals surface area contributed by atoms with Gasteiger partial charge in [0.25, 0.3) is 0 Å². The molecule has 0 spiro atoms. The molecule has 0 saturated heterocycles. The molecule has 0 aliphatic rings. The Morgan fingerprint density at radius 3 is 2.37 bits per heavy atom. The summed E-state index contributed by atoms with van der Waals surface area (Å²) in [6.07, 6.45) is 11.2. The summed E-state index contributed by atoms with van der Waals surface area (Å²) in [6.45, 7) is 3.86. The van der Waals surface area contributed by atoms with Crippen LogP contribution in [0.1, 0.15) is 19.4 Å². The van der Waals surface area contributed by atoms with Gasteiger partial charge in [0.2, 0.25) is 5.91 Å². The quantitative estimate of drug-likeness (QED) is 0.632. The lowest BCUT2D eigenvalue weighted by molar-refractivity contribution is -0.113. The third-order valence-corrected chi connectivity index (χ3v) is 2.43. The van der Waals surface area contributed by atoms with Crippen LogP contribution in [-0.4, -0.2) is 5.91 Å². The first-order valence-electron chi connectivity index (χ1n) is 6.14. The molecular formula is C17H19NO. The van der Waals surface area contributed by atoms with Crippen molar-refractivity contribution in [1.29, 1.82) is 0 Å². The SMILES string of the molecule is CC(/C=C/c1ccccc1)=C\C=C\C(C)=C\C(N)=O. The summed E-state index contributed by atoms with van der Waals surface area (Å²) in [4.78, 5) is 10.7. The van der Waals surface area contributed by atoms with Gasteiger partial charge in [-0.05, 0) is 25.0 Å². The zero-order valence-corrected chi connectivity index (χ0v) is 11.3. The highest BCUT2D eigenvalue weighted by Crippen LogP contribution is 2.05. The lowest BCUT2D eigenvalue weighted by Crippen LogP contribution is -2.06. The Balaban J connectivity index is 2.61. The van der Waals surface area contributed by atoms with Crippen LogP contribution in [0.25, 0.3) is 6.08 Å². The molecule has 0 saturated carbocycles. The second-order valence-electron chi connectivity index (χ2n) is 4.30. The van der Waals surface area contributed by atoms with Gasteiger partial charge in [0.05, 0.1) is 0 Å². The summed E-state index contributed by atoms with van der Waals surface area (Å²) in [6, 6.07) is 10.1. The topological polar surface area (TPSA) is 43.1 Å². The molecule has 2 N–H and O–H groups in total. The molecule has 0 unspecified atom stereocenters. The predicted molar refractivity (Wildman–Crippen MR) is 81.3 cm³/mol. The Labute approximate surface area is 114 Å². The normalized spacial score (nSPS) is 13.4. The first-order valence-corrected chi connectivity index (χ1v) is 6.14. The van der Waals surface area contributed by atoms with E-state index in [0.29, 0.717) is 0 Å².